The van der Waals surface area contributed by atoms with E-state index >= 15 is 0 Å². The van der Waals surface area contributed by atoms with Crippen molar-refractivity contribution in [3.63, 3.8) is 0 Å². The summed E-state index contributed by atoms with van der Waals surface area (Å²) in [7, 11) is 0. The molecule has 0 aromatic carbocycles. The third-order valence-electron chi connectivity index (χ3n) is 3.78. The lowest BCUT2D eigenvalue weighted by Crippen LogP contribution is -2.50. The number of carbonyl (C=O) groups excluding carboxylic acids is 1. The first kappa shape index (κ1) is 11.9. The number of nitrogens with two attached hydrogens (primary N) is 1. The molecule has 2 heterocycles. The van der Waals surface area contributed by atoms with Gasteiger partial charge in [-0.05, 0) is 25.7 Å². The summed E-state index contributed by atoms with van der Waals surface area (Å²) in [6.07, 6.45) is 4.34. The standard InChI is InChI=1S/C12H22N2O2/c1-2-11-9(5-7-16-11)8-14-6-3-4-10(13)12(14)15/h9-11H,2-8,13H2,1H3. The van der Waals surface area contributed by atoms with E-state index in [1.54, 1.807) is 0 Å². The fourth-order valence-corrected chi connectivity index (χ4v) is 2.79. The van der Waals surface area contributed by atoms with E-state index in [-0.39, 0.29) is 11.9 Å². The van der Waals surface area contributed by atoms with Gasteiger partial charge in [-0.3, -0.25) is 4.79 Å². The molecule has 2 N–H and O–H groups in total. The summed E-state index contributed by atoms with van der Waals surface area (Å²) in [6, 6.07) is -0.267. The summed E-state index contributed by atoms with van der Waals surface area (Å²) in [6.45, 7) is 4.70. The lowest BCUT2D eigenvalue weighted by Gasteiger charge is -2.33. The number of likely N-dealkylation sites (tertiary alicyclic amines) is 1. The first-order chi connectivity index (χ1) is 7.72. The molecule has 0 spiro atoms. The molecule has 3 unspecified atom stereocenters. The van der Waals surface area contributed by atoms with Gasteiger partial charge < -0.3 is 15.4 Å². The molecule has 4 heteroatoms. The Morgan fingerprint density at radius 3 is 3.06 bits per heavy atom. The van der Waals surface area contributed by atoms with E-state index in [9.17, 15) is 4.79 Å². The van der Waals surface area contributed by atoms with Crippen LogP contribution in [0.2, 0.25) is 0 Å². The summed E-state index contributed by atoms with van der Waals surface area (Å²) in [5.41, 5.74) is 5.79. The lowest BCUT2D eigenvalue weighted by atomic mass is 9.97. The van der Waals surface area contributed by atoms with E-state index in [0.717, 1.165) is 45.4 Å². The van der Waals surface area contributed by atoms with Crippen LogP contribution in [0.1, 0.15) is 32.6 Å². The van der Waals surface area contributed by atoms with Crippen LogP contribution in [-0.2, 0) is 9.53 Å². The molecule has 0 bridgehead atoms. The molecule has 0 aliphatic carbocycles. The Kier molecular flexibility index (Phi) is 3.82. The zero-order chi connectivity index (χ0) is 11.5. The highest BCUT2D eigenvalue weighted by Gasteiger charge is 2.32. The van der Waals surface area contributed by atoms with E-state index in [2.05, 4.69) is 6.92 Å². The zero-order valence-corrected chi connectivity index (χ0v) is 10.0. The second-order valence-electron chi connectivity index (χ2n) is 4.90. The summed E-state index contributed by atoms with van der Waals surface area (Å²) in [4.78, 5) is 13.8. The Bertz CT molecular complexity index is 257. The lowest BCUT2D eigenvalue weighted by molar-refractivity contribution is -0.135. The summed E-state index contributed by atoms with van der Waals surface area (Å²) in [5.74, 6) is 0.646. The Labute approximate surface area is 97.1 Å². The Morgan fingerprint density at radius 1 is 1.50 bits per heavy atom. The summed E-state index contributed by atoms with van der Waals surface area (Å²) in [5, 5.41) is 0. The highest BCUT2D eigenvalue weighted by molar-refractivity contribution is 5.82. The monoisotopic (exact) mass is 226 g/mol. The summed E-state index contributed by atoms with van der Waals surface area (Å²) >= 11 is 0. The van der Waals surface area contributed by atoms with Crippen molar-refractivity contribution < 1.29 is 9.53 Å². The Hall–Kier alpha value is -0.610. The van der Waals surface area contributed by atoms with Crippen LogP contribution in [-0.4, -0.2) is 42.6 Å². The van der Waals surface area contributed by atoms with Gasteiger partial charge in [0.2, 0.25) is 5.91 Å². The second kappa shape index (κ2) is 5.15. The minimum Gasteiger partial charge on any atom is -0.378 e. The van der Waals surface area contributed by atoms with E-state index in [0.29, 0.717) is 12.0 Å². The maximum atomic E-state index is 11.9. The van der Waals surface area contributed by atoms with Gasteiger partial charge >= 0.3 is 0 Å². The maximum absolute atomic E-state index is 11.9. The van der Waals surface area contributed by atoms with Gasteiger partial charge in [-0.15, -0.1) is 0 Å². The summed E-state index contributed by atoms with van der Waals surface area (Å²) < 4.78 is 5.65. The van der Waals surface area contributed by atoms with Gasteiger partial charge in [0.1, 0.15) is 0 Å². The minimum atomic E-state index is -0.267. The SMILES string of the molecule is CCC1OCCC1CN1CCCC(N)C1=O. The molecular formula is C12H22N2O2. The molecule has 0 saturated carbocycles. The number of ether oxygens (including phenoxy) is 1. The van der Waals surface area contributed by atoms with Crippen molar-refractivity contribution in [2.24, 2.45) is 11.7 Å². The van der Waals surface area contributed by atoms with Crippen LogP contribution < -0.4 is 5.73 Å². The molecule has 3 atom stereocenters. The quantitative estimate of drug-likeness (QED) is 0.772. The highest BCUT2D eigenvalue weighted by Crippen LogP contribution is 2.25. The van der Waals surface area contributed by atoms with Crippen LogP contribution in [0, 0.1) is 5.92 Å². The molecule has 0 aromatic rings. The van der Waals surface area contributed by atoms with E-state index in [1.807, 2.05) is 4.90 Å². The first-order valence-corrected chi connectivity index (χ1v) is 6.38. The van der Waals surface area contributed by atoms with Crippen molar-refractivity contribution >= 4 is 5.91 Å². The molecule has 2 fully saturated rings. The molecule has 2 aliphatic rings. The van der Waals surface area contributed by atoms with Gasteiger partial charge in [-0.25, -0.2) is 0 Å². The normalized spacial score (nSPS) is 35.8. The smallest absolute Gasteiger partial charge is 0.239 e. The number of carbonyl (C=O) groups is 1. The van der Waals surface area contributed by atoms with Crippen LogP contribution in [0.4, 0.5) is 0 Å². The minimum absolute atomic E-state index is 0.132. The number of rotatable bonds is 3. The van der Waals surface area contributed by atoms with E-state index < -0.39 is 0 Å². The molecule has 0 radical (unpaired) electrons. The van der Waals surface area contributed by atoms with E-state index in [1.165, 1.54) is 0 Å². The van der Waals surface area contributed by atoms with Crippen molar-refractivity contribution in [3.05, 3.63) is 0 Å². The van der Waals surface area contributed by atoms with Crippen LogP contribution in [0.3, 0.4) is 0 Å². The van der Waals surface area contributed by atoms with E-state index in [4.69, 9.17) is 10.5 Å². The molecule has 16 heavy (non-hydrogen) atoms. The third-order valence-corrected chi connectivity index (χ3v) is 3.78. The number of piperidine rings is 1. The van der Waals surface area contributed by atoms with Gasteiger partial charge in [-0.1, -0.05) is 6.92 Å². The Morgan fingerprint density at radius 2 is 2.31 bits per heavy atom. The van der Waals surface area contributed by atoms with Crippen LogP contribution in [0.15, 0.2) is 0 Å². The van der Waals surface area contributed by atoms with Crippen LogP contribution in [0.5, 0.6) is 0 Å². The van der Waals surface area contributed by atoms with Crippen molar-refractivity contribution in [2.75, 3.05) is 19.7 Å². The Balaban J connectivity index is 1.90. The molecule has 0 aromatic heterocycles. The third kappa shape index (κ3) is 2.38. The van der Waals surface area contributed by atoms with Crippen molar-refractivity contribution in [1.82, 2.24) is 4.90 Å². The zero-order valence-electron chi connectivity index (χ0n) is 10.0. The second-order valence-corrected chi connectivity index (χ2v) is 4.90. The van der Waals surface area contributed by atoms with Gasteiger partial charge in [0.05, 0.1) is 12.1 Å². The number of amides is 1. The van der Waals surface area contributed by atoms with Crippen LogP contribution >= 0.6 is 0 Å². The van der Waals surface area contributed by atoms with Crippen molar-refractivity contribution in [2.45, 2.75) is 44.8 Å². The average Bonchev–Trinajstić information content (AvgIpc) is 2.72. The number of hydrogen-bond acceptors (Lipinski definition) is 3. The largest absolute Gasteiger partial charge is 0.378 e. The fourth-order valence-electron chi connectivity index (χ4n) is 2.79. The maximum Gasteiger partial charge on any atom is 0.239 e. The van der Waals surface area contributed by atoms with Crippen LogP contribution in [0.25, 0.3) is 0 Å². The molecule has 2 saturated heterocycles. The fraction of sp³-hybridized carbons (Fsp3) is 0.917. The molecule has 2 rings (SSSR count). The number of nitrogens with zero attached hydrogens (tertiary/aromatic N) is 1. The first-order valence-electron chi connectivity index (χ1n) is 6.38. The molecule has 92 valence electrons. The van der Waals surface area contributed by atoms with Gasteiger partial charge in [0, 0.05) is 25.6 Å². The highest BCUT2D eigenvalue weighted by atomic mass is 16.5. The topological polar surface area (TPSA) is 55.6 Å². The van der Waals surface area contributed by atoms with Gasteiger partial charge in [0.25, 0.3) is 0 Å². The number of hydrogen-bond donors (Lipinski definition) is 1. The molecule has 4 nitrogen and oxygen atoms in total. The van der Waals surface area contributed by atoms with Crippen molar-refractivity contribution in [3.8, 4) is 0 Å². The predicted molar refractivity (Wildman–Crippen MR) is 61.9 cm³/mol. The molecular weight excluding hydrogens is 204 g/mol. The predicted octanol–water partition coefficient (Wildman–Crippen LogP) is 0.751. The van der Waals surface area contributed by atoms with Crippen molar-refractivity contribution in [1.29, 1.82) is 0 Å². The van der Waals surface area contributed by atoms with Gasteiger partial charge in [0.15, 0.2) is 0 Å². The molecule has 2 aliphatic heterocycles. The molecule has 1 amide bonds. The average molecular weight is 226 g/mol. The van der Waals surface area contributed by atoms with Gasteiger partial charge in [-0.2, -0.15) is 0 Å².